The summed E-state index contributed by atoms with van der Waals surface area (Å²) < 4.78 is 16.3. The number of rotatable bonds is 4. The average Bonchev–Trinajstić information content (AvgIpc) is 3.34. The number of nitrogens with zero attached hydrogens (tertiary/aromatic N) is 4. The molecule has 0 amide bonds. The van der Waals surface area contributed by atoms with Crippen molar-refractivity contribution >= 4 is 45.7 Å². The maximum absolute atomic E-state index is 14.4. The van der Waals surface area contributed by atoms with E-state index in [2.05, 4.69) is 32.6 Å². The van der Waals surface area contributed by atoms with Crippen LogP contribution in [-0.2, 0) is 5.54 Å². The second-order valence-corrected chi connectivity index (χ2v) is 8.89. The average molecular weight is 435 g/mol. The third kappa shape index (κ3) is 3.45. The molecule has 0 bridgehead atoms. The lowest BCUT2D eigenvalue weighted by Crippen LogP contribution is -2.36. The van der Waals surface area contributed by atoms with Gasteiger partial charge in [0, 0.05) is 29.1 Å². The van der Waals surface area contributed by atoms with Crippen molar-refractivity contribution in [3.8, 4) is 0 Å². The number of aromatic nitrogens is 4. The molecule has 9 heteroatoms. The van der Waals surface area contributed by atoms with E-state index in [0.29, 0.717) is 40.3 Å². The van der Waals surface area contributed by atoms with Crippen LogP contribution in [-0.4, -0.2) is 39.0 Å². The number of anilines is 2. The first-order chi connectivity index (χ1) is 13.9. The molecule has 1 aromatic carbocycles. The van der Waals surface area contributed by atoms with Gasteiger partial charge in [-0.05, 0) is 50.4 Å². The summed E-state index contributed by atoms with van der Waals surface area (Å²) in [7, 11) is 0. The Kier molecular flexibility index (Phi) is 4.64. The zero-order valence-corrected chi connectivity index (χ0v) is 17.4. The van der Waals surface area contributed by atoms with Crippen molar-refractivity contribution in [2.45, 2.75) is 43.8 Å². The van der Waals surface area contributed by atoms with Crippen LogP contribution in [0.4, 0.5) is 16.0 Å². The van der Waals surface area contributed by atoms with Crippen LogP contribution in [0.5, 0.6) is 0 Å². The summed E-state index contributed by atoms with van der Waals surface area (Å²) in [4.78, 5) is 8.97. The summed E-state index contributed by atoms with van der Waals surface area (Å²) in [6.07, 6.45) is 5.26. The Morgan fingerprint density at radius 3 is 2.86 bits per heavy atom. The highest BCUT2D eigenvalue weighted by molar-refractivity contribution is 6.32. The highest BCUT2D eigenvalue weighted by atomic mass is 35.5. The molecule has 1 saturated heterocycles. The molecule has 2 fully saturated rings. The minimum Gasteiger partial charge on any atom is -0.320 e. The monoisotopic (exact) mass is 434 g/mol. The first-order valence-electron chi connectivity index (χ1n) is 9.77. The third-order valence-corrected chi connectivity index (χ3v) is 6.64. The first kappa shape index (κ1) is 19.0. The summed E-state index contributed by atoms with van der Waals surface area (Å²) in [6, 6.07) is 3.69. The van der Waals surface area contributed by atoms with E-state index < -0.39 is 6.17 Å². The second kappa shape index (κ2) is 7.07. The number of fused-ring (bicyclic) bond motifs is 1. The molecular formula is C20H21Cl2FN6. The molecule has 2 aromatic heterocycles. The van der Waals surface area contributed by atoms with Crippen molar-refractivity contribution in [3.63, 3.8) is 0 Å². The first-order valence-corrected chi connectivity index (χ1v) is 10.5. The van der Waals surface area contributed by atoms with Crippen molar-refractivity contribution in [2.75, 3.05) is 18.4 Å². The number of piperidine rings is 1. The van der Waals surface area contributed by atoms with Gasteiger partial charge in [-0.15, -0.1) is 0 Å². The summed E-state index contributed by atoms with van der Waals surface area (Å²) in [5.74, 6) is 0.182. The Balaban J connectivity index is 1.47. The number of hydrogen-bond donors (Lipinski definition) is 2. The molecule has 1 aliphatic heterocycles. The van der Waals surface area contributed by atoms with E-state index in [4.69, 9.17) is 23.2 Å². The van der Waals surface area contributed by atoms with Crippen LogP contribution >= 0.6 is 23.2 Å². The van der Waals surface area contributed by atoms with Crippen molar-refractivity contribution in [1.82, 2.24) is 25.1 Å². The summed E-state index contributed by atoms with van der Waals surface area (Å²) in [5, 5.41) is 12.5. The maximum atomic E-state index is 14.4. The lowest BCUT2D eigenvalue weighted by molar-refractivity contribution is 0.231. The number of hydrogen-bond acceptors (Lipinski definition) is 5. The Hall–Kier alpha value is -1.96. The van der Waals surface area contributed by atoms with Crippen molar-refractivity contribution in [2.24, 2.45) is 0 Å². The summed E-state index contributed by atoms with van der Waals surface area (Å²) in [6.45, 7) is 3.25. The Labute approximate surface area is 177 Å². The van der Waals surface area contributed by atoms with Gasteiger partial charge >= 0.3 is 0 Å². The van der Waals surface area contributed by atoms with E-state index in [1.54, 1.807) is 12.4 Å². The van der Waals surface area contributed by atoms with Gasteiger partial charge in [-0.2, -0.15) is 5.10 Å². The van der Waals surface area contributed by atoms with E-state index in [-0.39, 0.29) is 11.5 Å². The number of alkyl halides is 1. The van der Waals surface area contributed by atoms with E-state index in [0.717, 1.165) is 30.3 Å². The fraction of sp³-hybridized carbons (Fsp3) is 0.450. The molecule has 1 aliphatic carbocycles. The molecule has 5 rings (SSSR count). The Bertz CT molecular complexity index is 1080. The normalized spacial score (nSPS) is 23.3. The van der Waals surface area contributed by atoms with E-state index in [9.17, 15) is 4.39 Å². The van der Waals surface area contributed by atoms with Crippen molar-refractivity contribution in [1.29, 1.82) is 0 Å². The Morgan fingerprint density at radius 2 is 2.10 bits per heavy atom. The predicted molar refractivity (Wildman–Crippen MR) is 113 cm³/mol. The van der Waals surface area contributed by atoms with Gasteiger partial charge in [-0.1, -0.05) is 23.2 Å². The molecular weight excluding hydrogens is 414 g/mol. The van der Waals surface area contributed by atoms with Gasteiger partial charge < -0.3 is 10.6 Å². The molecule has 0 unspecified atom stereocenters. The van der Waals surface area contributed by atoms with E-state index in [1.165, 1.54) is 0 Å². The highest BCUT2D eigenvalue weighted by Crippen LogP contribution is 2.45. The molecule has 0 radical (unpaired) electrons. The van der Waals surface area contributed by atoms with Gasteiger partial charge in [0.05, 0.1) is 22.9 Å². The zero-order valence-electron chi connectivity index (χ0n) is 15.9. The lowest BCUT2D eigenvalue weighted by atomic mass is 9.88. The largest absolute Gasteiger partial charge is 0.320 e. The second-order valence-electron chi connectivity index (χ2n) is 8.12. The highest BCUT2D eigenvalue weighted by Gasteiger charge is 2.42. The number of nitrogens with one attached hydrogen (secondary N) is 2. The van der Waals surface area contributed by atoms with Gasteiger partial charge in [0.2, 0.25) is 5.95 Å². The number of benzene rings is 1. The topological polar surface area (TPSA) is 67.7 Å². The fourth-order valence-corrected chi connectivity index (χ4v) is 4.55. The predicted octanol–water partition coefficient (Wildman–Crippen LogP) is 4.80. The van der Waals surface area contributed by atoms with Gasteiger partial charge in [-0.25, -0.2) is 19.0 Å². The molecule has 2 N–H and O–H groups in total. The molecule has 3 heterocycles. The van der Waals surface area contributed by atoms with Crippen molar-refractivity contribution < 1.29 is 4.39 Å². The minimum absolute atomic E-state index is 0.00463. The van der Waals surface area contributed by atoms with Crippen LogP contribution in [0.1, 0.15) is 37.7 Å². The van der Waals surface area contributed by atoms with E-state index >= 15 is 0 Å². The molecule has 2 aliphatic rings. The van der Waals surface area contributed by atoms with Gasteiger partial charge in [-0.3, -0.25) is 0 Å². The maximum Gasteiger partial charge on any atom is 0.227 e. The summed E-state index contributed by atoms with van der Waals surface area (Å²) in [5.41, 5.74) is 2.18. The van der Waals surface area contributed by atoms with Gasteiger partial charge in [0.25, 0.3) is 0 Å². The molecule has 1 saturated carbocycles. The van der Waals surface area contributed by atoms with Crippen LogP contribution in [0.3, 0.4) is 0 Å². The van der Waals surface area contributed by atoms with Crippen LogP contribution in [0.2, 0.25) is 10.2 Å². The van der Waals surface area contributed by atoms with Crippen molar-refractivity contribution in [3.05, 3.63) is 40.3 Å². The van der Waals surface area contributed by atoms with Crippen LogP contribution < -0.4 is 10.6 Å². The van der Waals surface area contributed by atoms with Crippen LogP contribution in [0.15, 0.2) is 24.5 Å². The SMILES string of the molecule is CC1(n2ncc(Nc3ncc4cc(Cl)c([C@@H]5CCNC[C@H]5F)cc4n3)c2Cl)CC1. The molecule has 6 nitrogen and oxygen atoms in total. The standard InChI is InChI=1S/C20H21Cl2FN6/c1-20(3-4-20)29-18(22)17(10-26-29)28-19-25-8-11-6-14(21)13(7-16(11)27-19)12-2-5-24-9-15(12)23/h6-8,10,12,15,24H,2-5,9H2,1H3,(H,25,27,28)/t12-,15+/m0/s1. The quantitative estimate of drug-likeness (QED) is 0.616. The van der Waals surface area contributed by atoms with Gasteiger partial charge in [0.15, 0.2) is 5.15 Å². The lowest BCUT2D eigenvalue weighted by Gasteiger charge is -2.27. The van der Waals surface area contributed by atoms with E-state index in [1.807, 2.05) is 16.8 Å². The molecule has 3 aromatic rings. The minimum atomic E-state index is -0.966. The third-order valence-electron chi connectivity index (χ3n) is 5.95. The van der Waals surface area contributed by atoms with Gasteiger partial charge in [0.1, 0.15) is 6.17 Å². The zero-order chi connectivity index (χ0) is 20.2. The molecule has 2 atom stereocenters. The summed E-state index contributed by atoms with van der Waals surface area (Å²) >= 11 is 13.0. The Morgan fingerprint density at radius 1 is 1.28 bits per heavy atom. The molecule has 29 heavy (non-hydrogen) atoms. The van der Waals surface area contributed by atoms with Crippen LogP contribution in [0.25, 0.3) is 10.9 Å². The fourth-order valence-electron chi connectivity index (χ4n) is 3.89. The smallest absolute Gasteiger partial charge is 0.227 e. The number of halogens is 3. The molecule has 152 valence electrons. The van der Waals surface area contributed by atoms with Crippen LogP contribution in [0, 0.1) is 0 Å². The molecule has 0 spiro atoms.